The van der Waals surface area contributed by atoms with E-state index in [4.69, 9.17) is 12.2 Å². The number of aryl methyl sites for hydroxylation is 3. The van der Waals surface area contributed by atoms with Crippen molar-refractivity contribution in [2.45, 2.75) is 40.2 Å². The lowest BCUT2D eigenvalue weighted by molar-refractivity contribution is -0.113. The lowest BCUT2D eigenvalue weighted by Gasteiger charge is -2.30. The first-order valence-electron chi connectivity index (χ1n) is 9.14. The van der Waals surface area contributed by atoms with Crippen LogP contribution in [0.1, 0.15) is 42.1 Å². The van der Waals surface area contributed by atoms with Crippen LogP contribution in [0.15, 0.2) is 53.7 Å². The zero-order valence-electron chi connectivity index (χ0n) is 16.1. The van der Waals surface area contributed by atoms with Crippen LogP contribution in [0.2, 0.25) is 0 Å². The summed E-state index contributed by atoms with van der Waals surface area (Å²) >= 11 is 5.32. The van der Waals surface area contributed by atoms with Crippen molar-refractivity contribution in [3.05, 3.63) is 76.0 Å². The topological polar surface area (TPSA) is 53.2 Å². The van der Waals surface area contributed by atoms with Crippen molar-refractivity contribution >= 4 is 28.9 Å². The smallest absolute Gasteiger partial charge is 0.255 e. The van der Waals surface area contributed by atoms with Crippen LogP contribution in [0.5, 0.6) is 0 Å². The van der Waals surface area contributed by atoms with Crippen molar-refractivity contribution < 1.29 is 4.79 Å². The predicted molar refractivity (Wildman–Crippen MR) is 115 cm³/mol. The first kappa shape index (κ1) is 19.1. The van der Waals surface area contributed by atoms with Crippen LogP contribution >= 0.6 is 12.2 Å². The molecule has 3 rings (SSSR count). The number of thiocarbonyl (C=S) groups is 1. The second-order valence-electron chi connectivity index (χ2n) is 6.94. The Bertz CT molecular complexity index is 916. The van der Waals surface area contributed by atoms with Crippen LogP contribution in [0.25, 0.3) is 0 Å². The molecule has 0 aromatic heterocycles. The molecule has 0 saturated heterocycles. The molecule has 5 heteroatoms. The number of rotatable bonds is 4. The Labute approximate surface area is 166 Å². The van der Waals surface area contributed by atoms with E-state index in [1.807, 2.05) is 32.9 Å². The minimum Gasteiger partial charge on any atom is -0.351 e. The molecule has 27 heavy (non-hydrogen) atoms. The first-order chi connectivity index (χ1) is 12.9. The fourth-order valence-electron chi connectivity index (χ4n) is 3.33. The Kier molecular flexibility index (Phi) is 5.61. The third-order valence-corrected chi connectivity index (χ3v) is 5.09. The molecule has 0 bridgehead atoms. The van der Waals surface area contributed by atoms with Crippen molar-refractivity contribution in [1.29, 1.82) is 0 Å². The van der Waals surface area contributed by atoms with E-state index in [1.54, 1.807) is 0 Å². The summed E-state index contributed by atoms with van der Waals surface area (Å²) in [5.41, 5.74) is 6.72. The lowest BCUT2D eigenvalue weighted by atomic mass is 9.94. The van der Waals surface area contributed by atoms with Gasteiger partial charge in [-0.15, -0.1) is 0 Å². The maximum Gasteiger partial charge on any atom is 0.255 e. The highest BCUT2D eigenvalue weighted by molar-refractivity contribution is 7.80. The van der Waals surface area contributed by atoms with Gasteiger partial charge in [0, 0.05) is 11.4 Å². The van der Waals surface area contributed by atoms with Gasteiger partial charge in [-0.3, -0.25) is 4.79 Å². The molecule has 1 aliphatic rings. The van der Waals surface area contributed by atoms with Gasteiger partial charge in [-0.25, -0.2) is 0 Å². The molecule has 1 aliphatic heterocycles. The maximum atomic E-state index is 13.1. The van der Waals surface area contributed by atoms with Crippen molar-refractivity contribution in [3.8, 4) is 0 Å². The molecule has 0 radical (unpaired) electrons. The van der Waals surface area contributed by atoms with Gasteiger partial charge < -0.3 is 16.0 Å². The molecule has 140 valence electrons. The number of carbonyl (C=O) groups is 1. The average Bonchev–Trinajstić information content (AvgIpc) is 2.63. The Hall–Kier alpha value is -2.66. The molecule has 1 heterocycles. The van der Waals surface area contributed by atoms with Gasteiger partial charge in [0.15, 0.2) is 5.11 Å². The van der Waals surface area contributed by atoms with Gasteiger partial charge >= 0.3 is 0 Å². The summed E-state index contributed by atoms with van der Waals surface area (Å²) in [5, 5.41) is 9.91. The molecule has 2 aromatic rings. The molecule has 0 aliphatic carbocycles. The van der Waals surface area contributed by atoms with Crippen LogP contribution in [0, 0.1) is 13.8 Å². The van der Waals surface area contributed by atoms with Crippen molar-refractivity contribution in [1.82, 2.24) is 10.6 Å². The Morgan fingerprint density at radius 1 is 1.11 bits per heavy atom. The number of benzene rings is 2. The third kappa shape index (κ3) is 4.19. The van der Waals surface area contributed by atoms with Gasteiger partial charge in [-0.1, -0.05) is 48.9 Å². The van der Waals surface area contributed by atoms with E-state index in [-0.39, 0.29) is 11.9 Å². The Morgan fingerprint density at radius 3 is 2.44 bits per heavy atom. The fourth-order valence-corrected chi connectivity index (χ4v) is 3.61. The molecule has 4 nitrogen and oxygen atoms in total. The second-order valence-corrected chi connectivity index (χ2v) is 7.35. The largest absolute Gasteiger partial charge is 0.351 e. The Balaban J connectivity index is 1.94. The second kappa shape index (κ2) is 7.92. The fraction of sp³-hybridized carbons (Fsp3) is 0.273. The molecule has 3 N–H and O–H groups in total. The zero-order valence-corrected chi connectivity index (χ0v) is 17.0. The van der Waals surface area contributed by atoms with Crippen LogP contribution in [0.3, 0.4) is 0 Å². The monoisotopic (exact) mass is 379 g/mol. The van der Waals surface area contributed by atoms with Gasteiger partial charge in [0.05, 0.1) is 11.6 Å². The molecular formula is C22H25N3OS. The number of allylic oxidation sites excluding steroid dienone is 1. The van der Waals surface area contributed by atoms with Crippen molar-refractivity contribution in [2.24, 2.45) is 0 Å². The van der Waals surface area contributed by atoms with Crippen molar-refractivity contribution in [3.63, 3.8) is 0 Å². The van der Waals surface area contributed by atoms with E-state index < -0.39 is 0 Å². The SMILES string of the molecule is CCc1ccc(C2NC(=S)NC(C)=C2C(=O)Nc2ccc(C)cc2C)cc1. The molecule has 2 aromatic carbocycles. The van der Waals surface area contributed by atoms with Gasteiger partial charge in [0.2, 0.25) is 0 Å². The highest BCUT2D eigenvalue weighted by Gasteiger charge is 2.30. The molecule has 1 atom stereocenters. The van der Waals surface area contributed by atoms with E-state index in [1.165, 1.54) is 11.1 Å². The maximum absolute atomic E-state index is 13.1. The van der Waals surface area contributed by atoms with Crippen LogP contribution in [0.4, 0.5) is 5.69 Å². The quantitative estimate of drug-likeness (QED) is 0.694. The number of anilines is 1. The minimum atomic E-state index is -0.282. The van der Waals surface area contributed by atoms with E-state index in [0.717, 1.165) is 28.9 Å². The number of nitrogens with one attached hydrogen (secondary N) is 3. The summed E-state index contributed by atoms with van der Waals surface area (Å²) in [5.74, 6) is -0.133. The predicted octanol–water partition coefficient (Wildman–Crippen LogP) is 4.30. The number of amides is 1. The normalized spacial score (nSPS) is 16.6. The molecular weight excluding hydrogens is 354 g/mol. The summed E-state index contributed by atoms with van der Waals surface area (Å²) in [6.07, 6.45) is 0.979. The van der Waals surface area contributed by atoms with Crippen molar-refractivity contribution in [2.75, 3.05) is 5.32 Å². The van der Waals surface area contributed by atoms with Crippen LogP contribution < -0.4 is 16.0 Å². The first-order valence-corrected chi connectivity index (χ1v) is 9.55. The highest BCUT2D eigenvalue weighted by atomic mass is 32.1. The van der Waals surface area contributed by atoms with E-state index in [2.05, 4.69) is 53.2 Å². The van der Waals surface area contributed by atoms with Gasteiger partial charge in [-0.05, 0) is 62.2 Å². The average molecular weight is 380 g/mol. The summed E-state index contributed by atoms with van der Waals surface area (Å²) in [6, 6.07) is 14.0. The van der Waals surface area contributed by atoms with E-state index in [9.17, 15) is 4.79 Å². The van der Waals surface area contributed by atoms with E-state index >= 15 is 0 Å². The van der Waals surface area contributed by atoms with Gasteiger partial charge in [-0.2, -0.15) is 0 Å². The Morgan fingerprint density at radius 2 is 1.81 bits per heavy atom. The van der Waals surface area contributed by atoms with E-state index in [0.29, 0.717) is 10.7 Å². The molecule has 0 spiro atoms. The minimum absolute atomic E-state index is 0.133. The molecule has 0 fully saturated rings. The van der Waals surface area contributed by atoms with Gasteiger partial charge in [0.1, 0.15) is 0 Å². The lowest BCUT2D eigenvalue weighted by Crippen LogP contribution is -2.45. The summed E-state index contributed by atoms with van der Waals surface area (Å²) in [4.78, 5) is 13.1. The summed E-state index contributed by atoms with van der Waals surface area (Å²) < 4.78 is 0. The standard InChI is InChI=1S/C22H25N3OS/c1-5-16-7-9-17(10-8-16)20-19(15(4)23-22(27)25-20)21(26)24-18-11-6-13(2)12-14(18)3/h6-12,20H,5H2,1-4H3,(H,24,26)(H2,23,25,27). The molecule has 1 unspecified atom stereocenters. The number of hydrogen-bond donors (Lipinski definition) is 3. The van der Waals surface area contributed by atoms with Gasteiger partial charge in [0.25, 0.3) is 5.91 Å². The highest BCUT2D eigenvalue weighted by Crippen LogP contribution is 2.28. The number of hydrogen-bond acceptors (Lipinski definition) is 2. The number of carbonyl (C=O) groups excluding carboxylic acids is 1. The third-order valence-electron chi connectivity index (χ3n) is 4.87. The summed E-state index contributed by atoms with van der Waals surface area (Å²) in [6.45, 7) is 8.05. The van der Waals surface area contributed by atoms with Crippen LogP contribution in [-0.4, -0.2) is 11.0 Å². The summed E-state index contributed by atoms with van der Waals surface area (Å²) in [7, 11) is 0. The van der Waals surface area contributed by atoms with Crippen LogP contribution in [-0.2, 0) is 11.2 Å². The molecule has 0 saturated carbocycles. The molecule has 1 amide bonds. The zero-order chi connectivity index (χ0) is 19.6.